The second-order valence-corrected chi connectivity index (χ2v) is 6.79. The minimum absolute atomic E-state index is 0.0633. The van der Waals surface area contributed by atoms with E-state index in [1.54, 1.807) is 24.3 Å². The molecule has 24 heavy (non-hydrogen) atoms. The van der Waals surface area contributed by atoms with Gasteiger partial charge in [0.15, 0.2) is 0 Å². The van der Waals surface area contributed by atoms with Gasteiger partial charge in [0.05, 0.1) is 10.9 Å². The smallest absolute Gasteiger partial charge is 0.343 e. The second-order valence-electron chi connectivity index (χ2n) is 5.63. The number of carbonyl (C=O) groups excluding carboxylic acids is 1. The van der Waals surface area contributed by atoms with Gasteiger partial charge in [-0.3, -0.25) is 4.79 Å². The molecule has 0 amide bonds. The van der Waals surface area contributed by atoms with Gasteiger partial charge in [0.1, 0.15) is 17.1 Å². The number of hydrogen-bond donors (Lipinski definition) is 1. The molecule has 4 nitrogen and oxygen atoms in total. The Hall–Kier alpha value is -2.15. The van der Waals surface area contributed by atoms with Crippen molar-refractivity contribution in [3.05, 3.63) is 73.6 Å². The van der Waals surface area contributed by atoms with Gasteiger partial charge in [0, 0.05) is 15.9 Å². The molecule has 0 saturated carbocycles. The maximum atomic E-state index is 12.5. The standard InChI is InChI=1S/C19H15IO4/c1-11(21)10-14(12-6-2-4-8-15(12)20)17-18(22)13-7-3-5-9-16(13)24-19(17)23/h2-9,14,22H,10H2,1H3. The number of para-hydroxylation sites is 1. The summed E-state index contributed by atoms with van der Waals surface area (Å²) in [5, 5.41) is 11.2. The van der Waals surface area contributed by atoms with Crippen molar-refractivity contribution in [3.8, 4) is 5.75 Å². The summed E-state index contributed by atoms with van der Waals surface area (Å²) >= 11 is 2.17. The quantitative estimate of drug-likeness (QED) is 0.494. The van der Waals surface area contributed by atoms with E-state index in [2.05, 4.69) is 22.6 Å². The maximum absolute atomic E-state index is 12.5. The molecule has 5 heteroatoms. The van der Waals surface area contributed by atoms with E-state index in [1.165, 1.54) is 6.92 Å². The number of fused-ring (bicyclic) bond motifs is 1. The van der Waals surface area contributed by atoms with Crippen LogP contribution in [0.3, 0.4) is 0 Å². The van der Waals surface area contributed by atoms with Crippen LogP contribution in [0.1, 0.15) is 30.4 Å². The zero-order valence-corrected chi connectivity index (χ0v) is 15.1. The number of ketones is 1. The number of halogens is 1. The summed E-state index contributed by atoms with van der Waals surface area (Å²) < 4.78 is 6.29. The fourth-order valence-corrected chi connectivity index (χ4v) is 3.63. The summed E-state index contributed by atoms with van der Waals surface area (Å²) in [6.07, 6.45) is 0.122. The van der Waals surface area contributed by atoms with Gasteiger partial charge in [0.25, 0.3) is 0 Å². The normalized spacial score (nSPS) is 12.2. The largest absolute Gasteiger partial charge is 0.507 e. The topological polar surface area (TPSA) is 67.5 Å². The number of carbonyl (C=O) groups is 1. The molecule has 3 aromatic rings. The molecule has 0 fully saturated rings. The molecule has 1 N–H and O–H groups in total. The van der Waals surface area contributed by atoms with Crippen LogP contribution in [0.4, 0.5) is 0 Å². The summed E-state index contributed by atoms with van der Waals surface area (Å²) in [6.45, 7) is 1.47. The van der Waals surface area contributed by atoms with Crippen molar-refractivity contribution in [2.45, 2.75) is 19.3 Å². The van der Waals surface area contributed by atoms with Crippen molar-refractivity contribution in [1.29, 1.82) is 0 Å². The van der Waals surface area contributed by atoms with Gasteiger partial charge in [-0.25, -0.2) is 4.79 Å². The maximum Gasteiger partial charge on any atom is 0.343 e. The van der Waals surface area contributed by atoms with E-state index in [0.29, 0.717) is 11.0 Å². The van der Waals surface area contributed by atoms with Crippen LogP contribution in [-0.2, 0) is 4.79 Å². The van der Waals surface area contributed by atoms with Crippen molar-refractivity contribution in [1.82, 2.24) is 0 Å². The molecule has 1 heterocycles. The summed E-state index contributed by atoms with van der Waals surface area (Å²) in [7, 11) is 0. The second kappa shape index (κ2) is 6.76. The van der Waals surface area contributed by atoms with E-state index >= 15 is 0 Å². The highest BCUT2D eigenvalue weighted by Gasteiger charge is 2.27. The van der Waals surface area contributed by atoms with E-state index in [9.17, 15) is 14.7 Å². The molecule has 0 aliphatic rings. The molecule has 0 aliphatic heterocycles. The van der Waals surface area contributed by atoms with E-state index in [0.717, 1.165) is 9.13 Å². The molecule has 0 radical (unpaired) electrons. The van der Waals surface area contributed by atoms with E-state index in [1.807, 2.05) is 24.3 Å². The first-order valence-corrected chi connectivity index (χ1v) is 8.55. The van der Waals surface area contributed by atoms with Crippen LogP contribution in [0.25, 0.3) is 11.0 Å². The fourth-order valence-electron chi connectivity index (χ4n) is 2.87. The number of rotatable bonds is 4. The SMILES string of the molecule is CC(=O)CC(c1ccccc1I)c1c(O)c2ccccc2oc1=O. The molecule has 1 atom stereocenters. The average Bonchev–Trinajstić information content (AvgIpc) is 2.54. The first kappa shape index (κ1) is 16.7. The number of benzene rings is 2. The fraction of sp³-hybridized carbons (Fsp3) is 0.158. The molecule has 1 aromatic heterocycles. The predicted molar refractivity (Wildman–Crippen MR) is 100 cm³/mol. The monoisotopic (exact) mass is 434 g/mol. The first-order valence-electron chi connectivity index (χ1n) is 7.47. The van der Waals surface area contributed by atoms with Crippen LogP contribution in [0, 0.1) is 3.57 Å². The van der Waals surface area contributed by atoms with Gasteiger partial charge < -0.3 is 9.52 Å². The number of hydrogen-bond acceptors (Lipinski definition) is 4. The molecule has 0 saturated heterocycles. The molecular formula is C19H15IO4. The van der Waals surface area contributed by atoms with Crippen LogP contribution in [0.2, 0.25) is 0 Å². The summed E-state index contributed by atoms with van der Waals surface area (Å²) in [5.41, 5.74) is 0.671. The third-order valence-electron chi connectivity index (χ3n) is 3.94. The van der Waals surface area contributed by atoms with Crippen molar-refractivity contribution < 1.29 is 14.3 Å². The molecule has 1 unspecified atom stereocenters. The van der Waals surface area contributed by atoms with Crippen molar-refractivity contribution >= 4 is 39.3 Å². The first-order chi connectivity index (χ1) is 11.5. The summed E-state index contributed by atoms with van der Waals surface area (Å²) in [4.78, 5) is 24.3. The zero-order chi connectivity index (χ0) is 17.3. The van der Waals surface area contributed by atoms with E-state index in [4.69, 9.17) is 4.42 Å². The molecule has 3 rings (SSSR count). The molecule has 0 aliphatic carbocycles. The van der Waals surface area contributed by atoms with Gasteiger partial charge in [-0.15, -0.1) is 0 Å². The average molecular weight is 434 g/mol. The summed E-state index contributed by atoms with van der Waals surface area (Å²) in [6, 6.07) is 14.3. The van der Waals surface area contributed by atoms with Crippen molar-refractivity contribution in [2.24, 2.45) is 0 Å². The van der Waals surface area contributed by atoms with Gasteiger partial charge in [-0.05, 0) is 53.3 Å². The van der Waals surface area contributed by atoms with Crippen LogP contribution in [-0.4, -0.2) is 10.9 Å². The lowest BCUT2D eigenvalue weighted by Gasteiger charge is -2.18. The van der Waals surface area contributed by atoms with Gasteiger partial charge in [-0.1, -0.05) is 30.3 Å². The zero-order valence-electron chi connectivity index (χ0n) is 13.0. The Morgan fingerprint density at radius 1 is 1.17 bits per heavy atom. The highest BCUT2D eigenvalue weighted by Crippen LogP contribution is 2.37. The minimum atomic E-state index is -0.614. The van der Waals surface area contributed by atoms with E-state index < -0.39 is 11.5 Å². The lowest BCUT2D eigenvalue weighted by atomic mass is 9.87. The van der Waals surface area contributed by atoms with Crippen LogP contribution in [0.5, 0.6) is 5.75 Å². The van der Waals surface area contributed by atoms with Crippen LogP contribution in [0.15, 0.2) is 57.7 Å². The molecule has 122 valence electrons. The van der Waals surface area contributed by atoms with Gasteiger partial charge in [0.2, 0.25) is 0 Å². The lowest BCUT2D eigenvalue weighted by molar-refractivity contribution is -0.117. The lowest BCUT2D eigenvalue weighted by Crippen LogP contribution is -2.17. The third-order valence-corrected chi connectivity index (χ3v) is 4.92. The Morgan fingerprint density at radius 3 is 2.54 bits per heavy atom. The Morgan fingerprint density at radius 2 is 1.83 bits per heavy atom. The number of aromatic hydroxyl groups is 1. The highest BCUT2D eigenvalue weighted by atomic mass is 127. The van der Waals surface area contributed by atoms with Crippen LogP contribution >= 0.6 is 22.6 Å². The minimum Gasteiger partial charge on any atom is -0.507 e. The van der Waals surface area contributed by atoms with Crippen molar-refractivity contribution in [3.63, 3.8) is 0 Å². The number of Topliss-reactive ketones (excluding diaryl/α,β-unsaturated/α-hetero) is 1. The molecule has 2 aromatic carbocycles. The molecule has 0 bridgehead atoms. The van der Waals surface area contributed by atoms with Gasteiger partial charge in [-0.2, -0.15) is 0 Å². The Bertz CT molecular complexity index is 975. The Labute approximate surface area is 152 Å². The van der Waals surface area contributed by atoms with Crippen molar-refractivity contribution in [2.75, 3.05) is 0 Å². The molecular weight excluding hydrogens is 419 g/mol. The van der Waals surface area contributed by atoms with Gasteiger partial charge >= 0.3 is 5.63 Å². The Kier molecular flexibility index (Phi) is 4.71. The molecule has 0 spiro atoms. The third kappa shape index (κ3) is 3.08. The van der Waals surface area contributed by atoms with E-state index in [-0.39, 0.29) is 23.5 Å². The van der Waals surface area contributed by atoms with Crippen LogP contribution < -0.4 is 5.63 Å². The predicted octanol–water partition coefficient (Wildman–Crippen LogP) is 4.21. The summed E-state index contributed by atoms with van der Waals surface area (Å²) in [5.74, 6) is -0.726. The Balaban J connectivity index is 2.29. The highest BCUT2D eigenvalue weighted by molar-refractivity contribution is 14.1.